The zero-order chi connectivity index (χ0) is 20.1. The molecular weight excluding hydrogens is 374 g/mol. The van der Waals surface area contributed by atoms with Crippen LogP contribution in [0.15, 0.2) is 60.0 Å². The molecule has 0 saturated heterocycles. The summed E-state index contributed by atoms with van der Waals surface area (Å²) in [5.74, 6) is 1.08. The van der Waals surface area contributed by atoms with Gasteiger partial charge in [-0.25, -0.2) is 4.98 Å². The minimum absolute atomic E-state index is 0.143. The minimum Gasteiger partial charge on any atom is -0.497 e. The Labute approximate surface area is 168 Å². The number of aromatic nitrogens is 2. The van der Waals surface area contributed by atoms with Crippen LogP contribution in [-0.4, -0.2) is 34.9 Å². The maximum atomic E-state index is 12.7. The first-order valence-electron chi connectivity index (χ1n) is 8.81. The molecule has 0 saturated carbocycles. The van der Waals surface area contributed by atoms with Crippen LogP contribution in [0, 0.1) is 6.92 Å². The predicted octanol–water partition coefficient (Wildman–Crippen LogP) is 4.32. The number of hydrogen-bond acceptors (Lipinski definition) is 5. The molecule has 1 unspecified atom stereocenters. The molecule has 7 heteroatoms. The summed E-state index contributed by atoms with van der Waals surface area (Å²) in [6.45, 7) is 3.90. The lowest BCUT2D eigenvalue weighted by Crippen LogP contribution is -2.23. The average molecular weight is 398 g/mol. The number of imidazole rings is 1. The van der Waals surface area contributed by atoms with Gasteiger partial charge in [-0.05, 0) is 43.7 Å². The normalized spacial score (nSPS) is 11.7. The van der Waals surface area contributed by atoms with E-state index in [0.29, 0.717) is 17.2 Å². The number of carbonyl (C=O) groups excluding carboxylic acids is 1. The number of anilines is 1. The highest BCUT2D eigenvalue weighted by Crippen LogP contribution is 2.31. The van der Waals surface area contributed by atoms with Crippen LogP contribution in [0.1, 0.15) is 12.5 Å². The second kappa shape index (κ2) is 8.84. The van der Waals surface area contributed by atoms with E-state index in [4.69, 9.17) is 9.47 Å². The molecule has 0 aliphatic heterocycles. The number of carbonyl (C=O) groups is 1. The van der Waals surface area contributed by atoms with Crippen molar-refractivity contribution in [3.8, 4) is 17.2 Å². The van der Waals surface area contributed by atoms with Crippen LogP contribution in [0.5, 0.6) is 11.5 Å². The molecule has 2 aromatic carbocycles. The molecule has 1 aromatic heterocycles. The van der Waals surface area contributed by atoms with E-state index in [1.165, 1.54) is 11.8 Å². The highest BCUT2D eigenvalue weighted by Gasteiger charge is 2.19. The second-order valence-corrected chi connectivity index (χ2v) is 7.54. The van der Waals surface area contributed by atoms with Gasteiger partial charge in [0, 0.05) is 24.1 Å². The van der Waals surface area contributed by atoms with E-state index in [2.05, 4.69) is 16.4 Å². The Morgan fingerprint density at radius 1 is 1.18 bits per heavy atom. The molecule has 1 atom stereocenters. The molecular formula is C21H23N3O3S. The zero-order valence-corrected chi connectivity index (χ0v) is 17.1. The molecule has 1 heterocycles. The number of hydrogen-bond donors (Lipinski definition) is 1. The Morgan fingerprint density at radius 3 is 2.71 bits per heavy atom. The van der Waals surface area contributed by atoms with Crippen molar-refractivity contribution in [2.24, 2.45) is 0 Å². The lowest BCUT2D eigenvalue weighted by Gasteiger charge is -2.15. The minimum atomic E-state index is -0.359. The van der Waals surface area contributed by atoms with Gasteiger partial charge in [0.15, 0.2) is 5.16 Å². The predicted molar refractivity (Wildman–Crippen MR) is 112 cm³/mol. The van der Waals surface area contributed by atoms with Crippen molar-refractivity contribution < 1.29 is 14.3 Å². The summed E-state index contributed by atoms with van der Waals surface area (Å²) < 4.78 is 12.5. The van der Waals surface area contributed by atoms with Crippen LogP contribution in [-0.2, 0) is 4.79 Å². The number of aryl methyl sites for hydroxylation is 1. The standard InChI is InChI=1S/C21H23N3O3S/c1-14-6-5-7-16(12-14)24-11-10-22-21(24)28-15(2)20(25)23-18-13-17(26-3)8-9-19(18)27-4/h5-13,15H,1-4H3,(H,23,25). The fourth-order valence-electron chi connectivity index (χ4n) is 2.71. The Hall–Kier alpha value is -2.93. The number of amides is 1. The number of thioether (sulfide) groups is 1. The van der Waals surface area contributed by atoms with E-state index in [1.807, 2.05) is 42.8 Å². The SMILES string of the molecule is COc1ccc(OC)c(NC(=O)C(C)Sc2nccn2-c2cccc(C)c2)c1. The van der Waals surface area contributed by atoms with Crippen molar-refractivity contribution in [3.05, 3.63) is 60.4 Å². The molecule has 0 bridgehead atoms. The van der Waals surface area contributed by atoms with Gasteiger partial charge in [0.05, 0.1) is 25.2 Å². The molecule has 0 radical (unpaired) electrons. The Balaban J connectivity index is 1.75. The Morgan fingerprint density at radius 2 is 2.00 bits per heavy atom. The van der Waals surface area contributed by atoms with Crippen molar-refractivity contribution in [2.45, 2.75) is 24.3 Å². The summed E-state index contributed by atoms with van der Waals surface area (Å²) in [5, 5.41) is 3.31. The first-order valence-corrected chi connectivity index (χ1v) is 9.69. The van der Waals surface area contributed by atoms with Crippen molar-refractivity contribution in [1.29, 1.82) is 0 Å². The average Bonchev–Trinajstić information content (AvgIpc) is 3.16. The quantitative estimate of drug-likeness (QED) is 0.602. The van der Waals surface area contributed by atoms with Gasteiger partial charge in [-0.3, -0.25) is 9.36 Å². The van der Waals surface area contributed by atoms with Gasteiger partial charge >= 0.3 is 0 Å². The van der Waals surface area contributed by atoms with Crippen LogP contribution in [0.2, 0.25) is 0 Å². The van der Waals surface area contributed by atoms with Crippen molar-refractivity contribution >= 4 is 23.4 Å². The van der Waals surface area contributed by atoms with Gasteiger partial charge in [0.25, 0.3) is 0 Å². The molecule has 3 rings (SSSR count). The third kappa shape index (κ3) is 4.48. The van der Waals surface area contributed by atoms with Crippen LogP contribution in [0.25, 0.3) is 5.69 Å². The lowest BCUT2D eigenvalue weighted by atomic mass is 10.2. The molecule has 1 N–H and O–H groups in total. The third-order valence-electron chi connectivity index (χ3n) is 4.20. The Bertz CT molecular complexity index is 971. The molecule has 28 heavy (non-hydrogen) atoms. The summed E-state index contributed by atoms with van der Waals surface area (Å²) in [5.41, 5.74) is 2.75. The van der Waals surface area contributed by atoms with Crippen molar-refractivity contribution in [1.82, 2.24) is 9.55 Å². The molecule has 3 aromatic rings. The smallest absolute Gasteiger partial charge is 0.237 e. The topological polar surface area (TPSA) is 65.4 Å². The van der Waals surface area contributed by atoms with Gasteiger partial charge in [-0.15, -0.1) is 0 Å². The van der Waals surface area contributed by atoms with E-state index in [0.717, 1.165) is 16.4 Å². The highest BCUT2D eigenvalue weighted by atomic mass is 32.2. The summed E-state index contributed by atoms with van der Waals surface area (Å²) in [6.07, 6.45) is 3.63. The number of benzene rings is 2. The van der Waals surface area contributed by atoms with Crippen LogP contribution in [0.4, 0.5) is 5.69 Å². The largest absolute Gasteiger partial charge is 0.497 e. The number of nitrogens with zero attached hydrogens (tertiary/aromatic N) is 2. The molecule has 1 amide bonds. The summed E-state index contributed by atoms with van der Waals surface area (Å²) in [6, 6.07) is 13.4. The van der Waals surface area contributed by atoms with Gasteiger partial charge in [0.2, 0.25) is 5.91 Å². The van der Waals surface area contributed by atoms with Gasteiger partial charge < -0.3 is 14.8 Å². The number of nitrogens with one attached hydrogen (secondary N) is 1. The first-order chi connectivity index (χ1) is 13.5. The molecule has 0 spiro atoms. The summed E-state index contributed by atoms with van der Waals surface area (Å²) in [4.78, 5) is 17.2. The summed E-state index contributed by atoms with van der Waals surface area (Å²) in [7, 11) is 3.14. The van der Waals surface area contributed by atoms with E-state index >= 15 is 0 Å². The molecule has 146 valence electrons. The van der Waals surface area contributed by atoms with E-state index in [9.17, 15) is 4.79 Å². The van der Waals surface area contributed by atoms with E-state index in [-0.39, 0.29) is 11.2 Å². The molecule has 0 aliphatic carbocycles. The lowest BCUT2D eigenvalue weighted by molar-refractivity contribution is -0.115. The zero-order valence-electron chi connectivity index (χ0n) is 16.3. The third-order valence-corrected chi connectivity index (χ3v) is 5.28. The van der Waals surface area contributed by atoms with Gasteiger partial charge in [0.1, 0.15) is 11.5 Å². The van der Waals surface area contributed by atoms with E-state index in [1.54, 1.807) is 38.6 Å². The second-order valence-electron chi connectivity index (χ2n) is 6.23. The van der Waals surface area contributed by atoms with Gasteiger partial charge in [-0.2, -0.15) is 0 Å². The van der Waals surface area contributed by atoms with E-state index < -0.39 is 0 Å². The monoisotopic (exact) mass is 397 g/mol. The van der Waals surface area contributed by atoms with Crippen LogP contribution in [0.3, 0.4) is 0 Å². The number of rotatable bonds is 7. The molecule has 0 aliphatic rings. The maximum absolute atomic E-state index is 12.7. The van der Waals surface area contributed by atoms with Crippen LogP contribution >= 0.6 is 11.8 Å². The fraction of sp³-hybridized carbons (Fsp3) is 0.238. The Kier molecular flexibility index (Phi) is 6.26. The van der Waals surface area contributed by atoms with Gasteiger partial charge in [-0.1, -0.05) is 23.9 Å². The fourth-order valence-corrected chi connectivity index (χ4v) is 3.59. The molecule has 0 fully saturated rings. The maximum Gasteiger partial charge on any atom is 0.237 e. The highest BCUT2D eigenvalue weighted by molar-refractivity contribution is 8.00. The van der Waals surface area contributed by atoms with Crippen molar-refractivity contribution in [3.63, 3.8) is 0 Å². The van der Waals surface area contributed by atoms with Crippen LogP contribution < -0.4 is 14.8 Å². The van der Waals surface area contributed by atoms with Crippen molar-refractivity contribution in [2.75, 3.05) is 19.5 Å². The number of ether oxygens (including phenoxy) is 2. The number of methoxy groups -OCH3 is 2. The molecule has 6 nitrogen and oxygen atoms in total. The first kappa shape index (κ1) is 19.8. The summed E-state index contributed by atoms with van der Waals surface area (Å²) >= 11 is 1.40.